The summed E-state index contributed by atoms with van der Waals surface area (Å²) in [5.74, 6) is -5.40. The lowest BCUT2D eigenvalue weighted by atomic mass is 9.90. The number of rotatable bonds is 7. The van der Waals surface area contributed by atoms with Crippen LogP contribution in [-0.2, 0) is 19.4 Å². The van der Waals surface area contributed by atoms with Crippen LogP contribution in [0, 0.1) is 17.2 Å². The van der Waals surface area contributed by atoms with Crippen LogP contribution in [0.4, 0.5) is 8.78 Å². The number of amides is 1. The number of hydrogen-bond donors (Lipinski definition) is 1. The summed E-state index contributed by atoms with van der Waals surface area (Å²) >= 11 is 0. The minimum atomic E-state index is -4.77. The van der Waals surface area contributed by atoms with Crippen LogP contribution >= 0.6 is 0 Å². The average molecular weight is 402 g/mol. The molecule has 0 unspecified atom stereocenters. The molecule has 2 atom stereocenters. The van der Waals surface area contributed by atoms with E-state index in [4.69, 9.17) is 4.74 Å². The maximum Gasteiger partial charge on any atom is 0.341 e. The molecule has 1 rings (SSSR count). The van der Waals surface area contributed by atoms with Crippen LogP contribution in [0.15, 0.2) is 29.2 Å². The van der Waals surface area contributed by atoms with Crippen molar-refractivity contribution in [1.29, 1.82) is 5.26 Å². The van der Waals surface area contributed by atoms with Crippen LogP contribution in [0.1, 0.15) is 38.1 Å². The van der Waals surface area contributed by atoms with E-state index in [0.717, 1.165) is 24.3 Å². The molecule has 27 heavy (non-hydrogen) atoms. The third kappa shape index (κ3) is 5.23. The van der Waals surface area contributed by atoms with E-state index in [2.05, 4.69) is 5.32 Å². The monoisotopic (exact) mass is 402 g/mol. The van der Waals surface area contributed by atoms with E-state index in [1.165, 1.54) is 13.8 Å². The topological polar surface area (TPSA) is 113 Å². The highest BCUT2D eigenvalue weighted by atomic mass is 32.2. The second-order valence-corrected chi connectivity index (χ2v) is 8.25. The molecule has 0 spiro atoms. The van der Waals surface area contributed by atoms with Gasteiger partial charge >= 0.3 is 11.7 Å². The summed E-state index contributed by atoms with van der Waals surface area (Å²) in [4.78, 5) is 23.6. The number of carbonyl (C=O) groups excluding carboxylic acids is 2. The van der Waals surface area contributed by atoms with Crippen molar-refractivity contribution in [3.63, 3.8) is 0 Å². The quantitative estimate of drug-likeness (QED) is 0.700. The maximum atomic E-state index is 12.5. The Labute approximate surface area is 156 Å². The van der Waals surface area contributed by atoms with Crippen LogP contribution in [0.3, 0.4) is 0 Å². The summed E-state index contributed by atoms with van der Waals surface area (Å²) in [6, 6.07) is 5.72. The van der Waals surface area contributed by atoms with Crippen molar-refractivity contribution in [2.45, 2.75) is 50.0 Å². The zero-order valence-electron chi connectivity index (χ0n) is 15.2. The molecule has 1 aromatic rings. The number of halogens is 2. The minimum absolute atomic E-state index is 0.116. The summed E-state index contributed by atoms with van der Waals surface area (Å²) in [5.41, 5.74) is -1.27. The largest absolute Gasteiger partial charge is 0.449 e. The Morgan fingerprint density at radius 1 is 1.19 bits per heavy atom. The van der Waals surface area contributed by atoms with Gasteiger partial charge in [-0.25, -0.2) is 13.2 Å². The fraction of sp³-hybridized carbons (Fsp3) is 0.471. The van der Waals surface area contributed by atoms with E-state index in [1.807, 2.05) is 6.07 Å². The van der Waals surface area contributed by atoms with Crippen molar-refractivity contribution in [3.8, 4) is 6.07 Å². The molecule has 1 aromatic carbocycles. The molecule has 0 saturated carbocycles. The standard InChI is InChI=1S/C17H20F2N2O5S/c1-10(2)17(4,9-20)21-14(22)11(3)26-15(23)12-5-7-13(8-6-12)27(24,25)16(18)19/h5-8,10-11,16H,1-4H3,(H,21,22)/t11-,17-/m1/s1. The number of ether oxygens (including phenoxy) is 1. The summed E-state index contributed by atoms with van der Waals surface area (Å²) in [6.07, 6.45) is -1.23. The maximum absolute atomic E-state index is 12.5. The van der Waals surface area contributed by atoms with Gasteiger partial charge in [-0.3, -0.25) is 4.79 Å². The molecular weight excluding hydrogens is 382 g/mol. The lowest BCUT2D eigenvalue weighted by Gasteiger charge is -2.28. The molecule has 0 bridgehead atoms. The molecule has 7 nitrogen and oxygen atoms in total. The second kappa shape index (κ2) is 8.43. The van der Waals surface area contributed by atoms with Crippen LogP contribution < -0.4 is 5.32 Å². The molecule has 0 aliphatic carbocycles. The first-order valence-corrected chi connectivity index (χ1v) is 9.46. The van der Waals surface area contributed by atoms with Gasteiger partial charge in [0, 0.05) is 0 Å². The zero-order valence-corrected chi connectivity index (χ0v) is 16.0. The van der Waals surface area contributed by atoms with Gasteiger partial charge in [0.1, 0.15) is 5.54 Å². The highest BCUT2D eigenvalue weighted by Crippen LogP contribution is 2.19. The number of nitriles is 1. The van der Waals surface area contributed by atoms with E-state index >= 15 is 0 Å². The fourth-order valence-electron chi connectivity index (χ4n) is 1.82. The summed E-state index contributed by atoms with van der Waals surface area (Å²) in [7, 11) is -4.77. The number of esters is 1. The molecule has 1 N–H and O–H groups in total. The van der Waals surface area contributed by atoms with Crippen LogP contribution in [0.2, 0.25) is 0 Å². The predicted molar refractivity (Wildman–Crippen MR) is 91.5 cm³/mol. The Kier molecular flexibility index (Phi) is 7.03. The number of sulfone groups is 1. The Morgan fingerprint density at radius 3 is 2.11 bits per heavy atom. The van der Waals surface area contributed by atoms with Gasteiger partial charge in [0.15, 0.2) is 6.10 Å². The van der Waals surface area contributed by atoms with Gasteiger partial charge in [0.25, 0.3) is 5.91 Å². The first-order chi connectivity index (χ1) is 12.3. The minimum Gasteiger partial charge on any atom is -0.449 e. The van der Waals surface area contributed by atoms with E-state index in [0.29, 0.717) is 0 Å². The molecule has 0 radical (unpaired) electrons. The SMILES string of the molecule is CC(C)[C@@](C)(C#N)NC(=O)[C@@H](C)OC(=O)c1ccc(S(=O)(=O)C(F)F)cc1. The molecule has 0 aromatic heterocycles. The van der Waals surface area contributed by atoms with Gasteiger partial charge in [-0.1, -0.05) is 13.8 Å². The molecule has 0 heterocycles. The number of benzene rings is 1. The first-order valence-electron chi connectivity index (χ1n) is 7.91. The van der Waals surface area contributed by atoms with E-state index in [1.54, 1.807) is 13.8 Å². The van der Waals surface area contributed by atoms with Crippen molar-refractivity contribution in [3.05, 3.63) is 29.8 Å². The lowest BCUT2D eigenvalue weighted by molar-refractivity contribution is -0.130. The smallest absolute Gasteiger partial charge is 0.341 e. The van der Waals surface area contributed by atoms with Crippen molar-refractivity contribution in [1.82, 2.24) is 5.32 Å². The number of nitrogens with one attached hydrogen (secondary N) is 1. The van der Waals surface area contributed by atoms with Crippen molar-refractivity contribution in [2.24, 2.45) is 5.92 Å². The van der Waals surface area contributed by atoms with Gasteiger partial charge in [0.05, 0.1) is 16.5 Å². The molecule has 0 aliphatic heterocycles. The van der Waals surface area contributed by atoms with Gasteiger partial charge in [-0.2, -0.15) is 14.0 Å². The molecule has 148 valence electrons. The predicted octanol–water partition coefficient (Wildman–Crippen LogP) is 2.28. The molecular formula is C17H20F2N2O5S. The average Bonchev–Trinajstić information content (AvgIpc) is 2.61. The first kappa shape index (κ1) is 22.5. The fourth-order valence-corrected chi connectivity index (χ4v) is 2.55. The third-order valence-corrected chi connectivity index (χ3v) is 5.47. The van der Waals surface area contributed by atoms with Crippen LogP contribution in [0.25, 0.3) is 0 Å². The number of nitrogens with zero attached hydrogens (tertiary/aromatic N) is 1. The van der Waals surface area contributed by atoms with Crippen molar-refractivity contribution < 1.29 is 31.5 Å². The Hall–Kier alpha value is -2.54. The van der Waals surface area contributed by atoms with Crippen molar-refractivity contribution in [2.75, 3.05) is 0 Å². The van der Waals surface area contributed by atoms with E-state index in [9.17, 15) is 32.0 Å². The van der Waals surface area contributed by atoms with Gasteiger partial charge in [-0.05, 0) is 44.0 Å². The number of alkyl halides is 2. The molecule has 0 aliphatic rings. The highest BCUT2D eigenvalue weighted by Gasteiger charge is 2.33. The summed E-state index contributed by atoms with van der Waals surface area (Å²) in [5, 5.41) is 11.7. The van der Waals surface area contributed by atoms with Gasteiger partial charge in [0.2, 0.25) is 9.84 Å². The van der Waals surface area contributed by atoms with Crippen molar-refractivity contribution >= 4 is 21.7 Å². The molecule has 0 saturated heterocycles. The van der Waals surface area contributed by atoms with Crippen LogP contribution in [0.5, 0.6) is 0 Å². The summed E-state index contributed by atoms with van der Waals surface area (Å²) in [6.45, 7) is 6.33. The third-order valence-electron chi connectivity index (χ3n) is 4.08. The lowest BCUT2D eigenvalue weighted by Crippen LogP contribution is -2.52. The zero-order chi connectivity index (χ0) is 21.0. The normalized spacial score (nSPS) is 14.9. The summed E-state index contributed by atoms with van der Waals surface area (Å²) < 4.78 is 52.7. The highest BCUT2D eigenvalue weighted by molar-refractivity contribution is 7.91. The Balaban J connectivity index is 2.84. The molecule has 0 fully saturated rings. The Bertz CT molecular complexity index is 847. The van der Waals surface area contributed by atoms with E-state index in [-0.39, 0.29) is 11.5 Å². The molecule has 1 amide bonds. The number of carbonyl (C=O) groups is 2. The molecule has 10 heteroatoms. The van der Waals surface area contributed by atoms with Crippen LogP contribution in [-0.4, -0.2) is 37.7 Å². The second-order valence-electron chi connectivity index (χ2n) is 6.34. The van der Waals surface area contributed by atoms with E-state index < -0.39 is 44.0 Å². The Morgan fingerprint density at radius 2 is 1.70 bits per heavy atom. The number of hydrogen-bond acceptors (Lipinski definition) is 6. The van der Waals surface area contributed by atoms with Gasteiger partial charge < -0.3 is 10.1 Å². The van der Waals surface area contributed by atoms with Gasteiger partial charge in [-0.15, -0.1) is 0 Å².